The topological polar surface area (TPSA) is 108 Å². The van der Waals surface area contributed by atoms with Gasteiger partial charge in [0.15, 0.2) is 5.78 Å². The van der Waals surface area contributed by atoms with E-state index in [2.05, 4.69) is 11.5 Å². The molecule has 0 saturated heterocycles. The summed E-state index contributed by atoms with van der Waals surface area (Å²) >= 11 is 0. The van der Waals surface area contributed by atoms with Crippen LogP contribution in [0.25, 0.3) is 0 Å². The molecule has 1 aliphatic carbocycles. The molecule has 0 radical (unpaired) electrons. The second-order valence-electron chi connectivity index (χ2n) is 9.49. The minimum absolute atomic E-state index is 0.0451. The van der Waals surface area contributed by atoms with E-state index in [9.17, 15) is 14.9 Å². The maximum Gasteiger partial charge on any atom is 0.235 e. The van der Waals surface area contributed by atoms with E-state index in [1.54, 1.807) is 0 Å². The predicted molar refractivity (Wildman–Crippen MR) is 127 cm³/mol. The molecule has 3 N–H and O–H groups in total. The van der Waals surface area contributed by atoms with Crippen molar-refractivity contribution in [2.24, 2.45) is 11.1 Å². The van der Waals surface area contributed by atoms with Gasteiger partial charge in [-0.05, 0) is 35.1 Å². The molecule has 1 unspecified atom stereocenters. The fraction of sp³-hybridized carbons (Fsp3) is 0.296. The highest BCUT2D eigenvalue weighted by Gasteiger charge is 2.44. The monoisotopic (exact) mass is 456 g/mol. The first-order valence-corrected chi connectivity index (χ1v) is 11.2. The molecule has 1 atom stereocenters. The van der Waals surface area contributed by atoms with Gasteiger partial charge in [0.2, 0.25) is 5.91 Å². The standard InChI is InChI=1S/C27H28N4O3/c1-17(32)30-31-22-13-27(2,3)14-23(33)25(22)24(21(15-28)26(31)29)19-9-11-20(12-10-19)34-16-18-7-5-4-6-8-18/h4-12,24H,13-14,16,29H2,1-3H3,(H,30,32). The van der Waals surface area contributed by atoms with Gasteiger partial charge in [0.05, 0.1) is 23.3 Å². The van der Waals surface area contributed by atoms with Crippen LogP contribution in [0.2, 0.25) is 0 Å². The Labute approximate surface area is 199 Å². The molecule has 174 valence electrons. The summed E-state index contributed by atoms with van der Waals surface area (Å²) in [5, 5.41) is 11.4. The van der Waals surface area contributed by atoms with E-state index in [4.69, 9.17) is 10.5 Å². The third-order valence-electron chi connectivity index (χ3n) is 6.11. The first-order valence-electron chi connectivity index (χ1n) is 11.2. The number of nitrogens with zero attached hydrogens (tertiary/aromatic N) is 2. The van der Waals surface area contributed by atoms with E-state index >= 15 is 0 Å². The van der Waals surface area contributed by atoms with Crippen LogP contribution in [0.1, 0.15) is 50.7 Å². The third-order valence-corrected chi connectivity index (χ3v) is 6.11. The number of allylic oxidation sites excluding steroid dienone is 3. The molecule has 0 spiro atoms. The minimum atomic E-state index is -0.600. The number of ether oxygens (including phenoxy) is 1. The Morgan fingerprint density at radius 2 is 1.85 bits per heavy atom. The zero-order valence-corrected chi connectivity index (χ0v) is 19.6. The zero-order chi connectivity index (χ0) is 24.5. The van der Waals surface area contributed by atoms with Gasteiger partial charge in [0.25, 0.3) is 0 Å². The lowest BCUT2D eigenvalue weighted by molar-refractivity contribution is -0.123. The fourth-order valence-corrected chi connectivity index (χ4v) is 4.62. The lowest BCUT2D eigenvalue weighted by Crippen LogP contribution is -2.49. The summed E-state index contributed by atoms with van der Waals surface area (Å²) in [5.41, 5.74) is 12.0. The average molecular weight is 457 g/mol. The van der Waals surface area contributed by atoms with Crippen LogP contribution in [-0.2, 0) is 16.2 Å². The summed E-state index contributed by atoms with van der Waals surface area (Å²) in [5.74, 6) is -0.158. The number of hydrogen-bond acceptors (Lipinski definition) is 6. The second-order valence-corrected chi connectivity index (χ2v) is 9.49. The number of nitriles is 1. The SMILES string of the molecule is CC(=O)NN1C(N)=C(C#N)C(c2ccc(OCc3ccccc3)cc2)C2=C1CC(C)(C)CC2=O. The van der Waals surface area contributed by atoms with E-state index in [1.807, 2.05) is 68.4 Å². The molecule has 1 amide bonds. The number of nitrogens with two attached hydrogens (primary N) is 1. The van der Waals surface area contributed by atoms with Crippen LogP contribution in [0.5, 0.6) is 5.75 Å². The number of carbonyl (C=O) groups excluding carboxylic acids is 2. The highest BCUT2D eigenvalue weighted by Crippen LogP contribution is 2.48. The first kappa shape index (κ1) is 23.1. The number of nitrogens with one attached hydrogen (secondary N) is 1. The molecule has 7 nitrogen and oxygen atoms in total. The van der Waals surface area contributed by atoms with Crippen molar-refractivity contribution in [3.8, 4) is 11.8 Å². The number of carbonyl (C=O) groups is 2. The van der Waals surface area contributed by atoms with Crippen molar-refractivity contribution >= 4 is 11.7 Å². The number of rotatable bonds is 5. The number of hydrogen-bond donors (Lipinski definition) is 2. The maximum atomic E-state index is 13.4. The highest BCUT2D eigenvalue weighted by molar-refractivity contribution is 6.00. The average Bonchev–Trinajstić information content (AvgIpc) is 2.79. The largest absolute Gasteiger partial charge is 0.489 e. The van der Waals surface area contributed by atoms with Gasteiger partial charge in [-0.2, -0.15) is 5.26 Å². The van der Waals surface area contributed by atoms with Crippen molar-refractivity contribution in [2.75, 3.05) is 0 Å². The zero-order valence-electron chi connectivity index (χ0n) is 19.6. The normalized spacial score (nSPS) is 19.4. The van der Waals surface area contributed by atoms with Crippen LogP contribution in [0, 0.1) is 16.7 Å². The van der Waals surface area contributed by atoms with E-state index in [0.29, 0.717) is 36.5 Å². The number of ketones is 1. The van der Waals surface area contributed by atoms with Crippen LogP contribution >= 0.6 is 0 Å². The van der Waals surface area contributed by atoms with E-state index in [1.165, 1.54) is 11.9 Å². The van der Waals surface area contributed by atoms with Gasteiger partial charge < -0.3 is 10.5 Å². The predicted octanol–water partition coefficient (Wildman–Crippen LogP) is 4.05. The molecule has 2 aromatic carbocycles. The number of benzene rings is 2. The maximum absolute atomic E-state index is 13.4. The molecule has 1 heterocycles. The Kier molecular flexibility index (Phi) is 6.16. The Balaban J connectivity index is 1.71. The summed E-state index contributed by atoms with van der Waals surface area (Å²) in [7, 11) is 0. The molecule has 2 aromatic rings. The van der Waals surface area contributed by atoms with Crippen molar-refractivity contribution in [3.63, 3.8) is 0 Å². The van der Waals surface area contributed by atoms with Gasteiger partial charge in [-0.25, -0.2) is 5.01 Å². The fourth-order valence-electron chi connectivity index (χ4n) is 4.62. The number of amides is 1. The smallest absolute Gasteiger partial charge is 0.235 e. The van der Waals surface area contributed by atoms with Gasteiger partial charge in [0.1, 0.15) is 18.2 Å². The molecule has 0 bridgehead atoms. The van der Waals surface area contributed by atoms with Crippen LogP contribution in [0.4, 0.5) is 0 Å². The summed E-state index contributed by atoms with van der Waals surface area (Å²) in [6.45, 7) is 5.83. The molecular weight excluding hydrogens is 428 g/mol. The van der Waals surface area contributed by atoms with Crippen molar-refractivity contribution in [2.45, 2.75) is 46.1 Å². The summed E-state index contributed by atoms with van der Waals surface area (Å²) in [6, 6.07) is 19.4. The summed E-state index contributed by atoms with van der Waals surface area (Å²) in [6.07, 6.45) is 0.898. The molecule has 2 aliphatic rings. The quantitative estimate of drug-likeness (QED) is 0.703. The van der Waals surface area contributed by atoms with Gasteiger partial charge in [0, 0.05) is 18.9 Å². The Bertz CT molecular complexity index is 1220. The lowest BCUT2D eigenvalue weighted by atomic mass is 9.69. The molecule has 0 fully saturated rings. The van der Waals surface area contributed by atoms with Gasteiger partial charge in [-0.15, -0.1) is 0 Å². The van der Waals surface area contributed by atoms with Crippen molar-refractivity contribution < 1.29 is 14.3 Å². The Morgan fingerprint density at radius 3 is 2.47 bits per heavy atom. The van der Waals surface area contributed by atoms with Crippen molar-refractivity contribution in [1.82, 2.24) is 10.4 Å². The van der Waals surface area contributed by atoms with Crippen LogP contribution in [-0.4, -0.2) is 16.7 Å². The molecule has 0 saturated carbocycles. The van der Waals surface area contributed by atoms with E-state index in [0.717, 1.165) is 11.1 Å². The van der Waals surface area contributed by atoms with Gasteiger partial charge in [-0.3, -0.25) is 15.0 Å². The van der Waals surface area contributed by atoms with Gasteiger partial charge in [-0.1, -0.05) is 56.3 Å². The molecule has 4 rings (SSSR count). The molecule has 1 aliphatic heterocycles. The highest BCUT2D eigenvalue weighted by atomic mass is 16.5. The Morgan fingerprint density at radius 1 is 1.18 bits per heavy atom. The third kappa shape index (κ3) is 4.53. The van der Waals surface area contributed by atoms with Crippen LogP contribution in [0.3, 0.4) is 0 Å². The van der Waals surface area contributed by atoms with Gasteiger partial charge >= 0.3 is 0 Å². The Hall–Kier alpha value is -4.05. The summed E-state index contributed by atoms with van der Waals surface area (Å²) in [4.78, 5) is 25.2. The first-order chi connectivity index (χ1) is 16.2. The number of Topliss-reactive ketones (excluding diaryl/α,β-unsaturated/α-hetero) is 1. The van der Waals surface area contributed by atoms with E-state index < -0.39 is 5.92 Å². The minimum Gasteiger partial charge on any atom is -0.489 e. The second kappa shape index (κ2) is 9.06. The lowest BCUT2D eigenvalue weighted by Gasteiger charge is -2.43. The van der Waals surface area contributed by atoms with Crippen LogP contribution in [0.15, 0.2) is 77.3 Å². The number of hydrazine groups is 1. The van der Waals surface area contributed by atoms with E-state index in [-0.39, 0.29) is 28.5 Å². The summed E-state index contributed by atoms with van der Waals surface area (Å²) < 4.78 is 5.89. The molecule has 7 heteroatoms. The molecular formula is C27H28N4O3. The van der Waals surface area contributed by atoms with Crippen molar-refractivity contribution in [3.05, 3.63) is 88.4 Å². The molecule has 34 heavy (non-hydrogen) atoms. The van der Waals surface area contributed by atoms with Crippen molar-refractivity contribution in [1.29, 1.82) is 5.26 Å². The molecule has 0 aromatic heterocycles. The van der Waals surface area contributed by atoms with Crippen LogP contribution < -0.4 is 15.9 Å².